The molecular formula is C8H6N4O2. The lowest BCUT2D eigenvalue weighted by atomic mass is 10.4. The predicted octanol–water partition coefficient (Wildman–Crippen LogP) is 1.09. The van der Waals surface area contributed by atoms with Crippen LogP contribution in [0.2, 0.25) is 0 Å². The highest BCUT2D eigenvalue weighted by Crippen LogP contribution is 2.23. The van der Waals surface area contributed by atoms with E-state index in [9.17, 15) is 0 Å². The molecule has 0 spiro atoms. The number of hydrogen-bond acceptors (Lipinski definition) is 6. The van der Waals surface area contributed by atoms with Crippen LogP contribution in [0.3, 0.4) is 0 Å². The average molecular weight is 190 g/mol. The molecule has 14 heavy (non-hydrogen) atoms. The Labute approximate surface area is 78.9 Å². The fraction of sp³-hybridized carbons (Fsp3) is 0.125. The van der Waals surface area contributed by atoms with Gasteiger partial charge in [0.05, 0.1) is 5.69 Å². The molecule has 2 aromatic rings. The van der Waals surface area contributed by atoms with Gasteiger partial charge in [-0.1, -0.05) is 5.16 Å². The van der Waals surface area contributed by atoms with Gasteiger partial charge in [0, 0.05) is 6.07 Å². The summed E-state index contributed by atoms with van der Waals surface area (Å²) in [6.45, 7) is 1.77. The topological polar surface area (TPSA) is 102 Å². The Kier molecular flexibility index (Phi) is 1.71. The van der Waals surface area contributed by atoms with Crippen LogP contribution in [0.1, 0.15) is 11.4 Å². The number of oxazole rings is 1. The van der Waals surface area contributed by atoms with Crippen LogP contribution in [0.5, 0.6) is 0 Å². The summed E-state index contributed by atoms with van der Waals surface area (Å²) < 4.78 is 9.91. The summed E-state index contributed by atoms with van der Waals surface area (Å²) in [5.41, 5.74) is 6.14. The molecule has 0 fully saturated rings. The lowest BCUT2D eigenvalue weighted by molar-refractivity contribution is 0.412. The maximum absolute atomic E-state index is 8.59. The summed E-state index contributed by atoms with van der Waals surface area (Å²) in [6.07, 6.45) is 0. The molecule has 0 aromatic carbocycles. The summed E-state index contributed by atoms with van der Waals surface area (Å²) in [6, 6.07) is 3.45. The van der Waals surface area contributed by atoms with Crippen molar-refractivity contribution in [1.29, 1.82) is 5.26 Å². The van der Waals surface area contributed by atoms with Gasteiger partial charge in [-0.05, 0) is 6.92 Å². The van der Waals surface area contributed by atoms with E-state index in [1.807, 2.05) is 0 Å². The normalized spacial score (nSPS) is 10.0. The first kappa shape index (κ1) is 8.31. The molecule has 0 aliphatic rings. The van der Waals surface area contributed by atoms with Crippen molar-refractivity contribution in [3.63, 3.8) is 0 Å². The smallest absolute Gasteiger partial charge is 0.268 e. The van der Waals surface area contributed by atoms with Gasteiger partial charge in [0.15, 0.2) is 0 Å². The fourth-order valence-corrected chi connectivity index (χ4v) is 0.982. The third kappa shape index (κ3) is 1.21. The quantitative estimate of drug-likeness (QED) is 0.722. The van der Waals surface area contributed by atoms with E-state index in [-0.39, 0.29) is 17.5 Å². The van der Waals surface area contributed by atoms with Gasteiger partial charge in [0.1, 0.15) is 6.07 Å². The maximum atomic E-state index is 8.59. The molecule has 0 bridgehead atoms. The minimum absolute atomic E-state index is 0.0171. The highest BCUT2D eigenvalue weighted by atomic mass is 16.5. The van der Waals surface area contributed by atoms with E-state index in [4.69, 9.17) is 19.9 Å². The molecule has 0 saturated heterocycles. The van der Waals surface area contributed by atoms with Crippen LogP contribution in [0.4, 0.5) is 5.88 Å². The van der Waals surface area contributed by atoms with E-state index in [1.54, 1.807) is 19.1 Å². The molecule has 2 heterocycles. The molecule has 0 aliphatic heterocycles. The molecule has 0 aliphatic carbocycles. The lowest BCUT2D eigenvalue weighted by Gasteiger charge is -1.82. The van der Waals surface area contributed by atoms with Crippen LogP contribution in [-0.4, -0.2) is 10.1 Å². The molecule has 2 rings (SSSR count). The number of aryl methyl sites for hydroxylation is 1. The molecule has 0 unspecified atom stereocenters. The van der Waals surface area contributed by atoms with Crippen LogP contribution in [0.25, 0.3) is 11.7 Å². The van der Waals surface area contributed by atoms with Crippen molar-refractivity contribution < 1.29 is 8.94 Å². The maximum Gasteiger partial charge on any atom is 0.268 e. The molecular weight excluding hydrogens is 184 g/mol. The van der Waals surface area contributed by atoms with Crippen LogP contribution in [0, 0.1) is 18.3 Å². The van der Waals surface area contributed by atoms with Crippen LogP contribution in [0.15, 0.2) is 15.0 Å². The van der Waals surface area contributed by atoms with Crippen molar-refractivity contribution in [3.8, 4) is 17.7 Å². The van der Waals surface area contributed by atoms with E-state index < -0.39 is 0 Å². The Morgan fingerprint density at radius 2 is 2.36 bits per heavy atom. The number of anilines is 1. The van der Waals surface area contributed by atoms with E-state index in [0.29, 0.717) is 11.5 Å². The third-order valence-corrected chi connectivity index (χ3v) is 1.60. The zero-order valence-corrected chi connectivity index (χ0v) is 7.31. The van der Waals surface area contributed by atoms with Gasteiger partial charge < -0.3 is 14.7 Å². The SMILES string of the molecule is Cc1cc(-c2nc(C#N)c(N)o2)on1. The number of aromatic nitrogens is 2. The first-order valence-electron chi connectivity index (χ1n) is 3.81. The molecule has 70 valence electrons. The predicted molar refractivity (Wildman–Crippen MR) is 45.9 cm³/mol. The number of nitriles is 1. The first-order valence-corrected chi connectivity index (χ1v) is 3.81. The summed E-state index contributed by atoms with van der Waals surface area (Å²) in [5.74, 6) is 0.506. The second-order valence-corrected chi connectivity index (χ2v) is 2.68. The average Bonchev–Trinajstić information content (AvgIpc) is 2.71. The molecule has 0 radical (unpaired) electrons. The van der Waals surface area contributed by atoms with Gasteiger partial charge in [-0.25, -0.2) is 0 Å². The third-order valence-electron chi connectivity index (χ3n) is 1.60. The number of nitrogens with two attached hydrogens (primary N) is 1. The Bertz CT molecular complexity index is 506. The van der Waals surface area contributed by atoms with Crippen molar-refractivity contribution in [1.82, 2.24) is 10.1 Å². The van der Waals surface area contributed by atoms with Gasteiger partial charge in [0.25, 0.3) is 5.89 Å². The number of rotatable bonds is 1. The molecule has 6 heteroatoms. The fourth-order valence-electron chi connectivity index (χ4n) is 0.982. The Morgan fingerprint density at radius 3 is 2.86 bits per heavy atom. The van der Waals surface area contributed by atoms with Crippen LogP contribution >= 0.6 is 0 Å². The van der Waals surface area contributed by atoms with E-state index >= 15 is 0 Å². The summed E-state index contributed by atoms with van der Waals surface area (Å²) >= 11 is 0. The minimum Gasteiger partial charge on any atom is -0.416 e. The minimum atomic E-state index is -0.0171. The van der Waals surface area contributed by atoms with Crippen molar-refractivity contribution in [2.24, 2.45) is 0 Å². The largest absolute Gasteiger partial charge is 0.416 e. The molecule has 0 amide bonds. The van der Waals surface area contributed by atoms with Crippen LogP contribution in [-0.2, 0) is 0 Å². The van der Waals surface area contributed by atoms with Gasteiger partial charge in [-0.3, -0.25) is 0 Å². The van der Waals surface area contributed by atoms with Crippen molar-refractivity contribution >= 4 is 5.88 Å². The van der Waals surface area contributed by atoms with Gasteiger partial charge in [-0.15, -0.1) is 0 Å². The Balaban J connectivity index is 2.48. The van der Waals surface area contributed by atoms with Crippen molar-refractivity contribution in [2.45, 2.75) is 6.92 Å². The van der Waals surface area contributed by atoms with Crippen LogP contribution < -0.4 is 5.73 Å². The molecule has 0 saturated carbocycles. The second-order valence-electron chi connectivity index (χ2n) is 2.68. The molecule has 2 aromatic heterocycles. The molecule has 6 nitrogen and oxygen atoms in total. The number of hydrogen-bond donors (Lipinski definition) is 1. The van der Waals surface area contributed by atoms with E-state index in [1.165, 1.54) is 0 Å². The zero-order valence-electron chi connectivity index (χ0n) is 7.31. The number of nitrogen functional groups attached to an aromatic ring is 1. The number of nitrogens with zero attached hydrogens (tertiary/aromatic N) is 3. The van der Waals surface area contributed by atoms with Gasteiger partial charge in [0.2, 0.25) is 17.3 Å². The Hall–Kier alpha value is -2.29. The van der Waals surface area contributed by atoms with Gasteiger partial charge >= 0.3 is 0 Å². The van der Waals surface area contributed by atoms with Crippen molar-refractivity contribution in [3.05, 3.63) is 17.5 Å². The lowest BCUT2D eigenvalue weighted by Crippen LogP contribution is -1.83. The standard InChI is InChI=1S/C8H6N4O2/c1-4-2-6(14-12-4)8-11-5(3-9)7(10)13-8/h2H,10H2,1H3. The summed E-state index contributed by atoms with van der Waals surface area (Å²) in [5, 5.41) is 12.2. The monoisotopic (exact) mass is 190 g/mol. The zero-order chi connectivity index (χ0) is 10.1. The first-order chi connectivity index (χ1) is 6.70. The highest BCUT2D eigenvalue weighted by molar-refractivity contribution is 5.52. The van der Waals surface area contributed by atoms with E-state index in [2.05, 4.69) is 10.1 Å². The summed E-state index contributed by atoms with van der Waals surface area (Å²) in [4.78, 5) is 3.83. The van der Waals surface area contributed by atoms with Crippen molar-refractivity contribution in [2.75, 3.05) is 5.73 Å². The van der Waals surface area contributed by atoms with E-state index in [0.717, 1.165) is 0 Å². The second kappa shape index (κ2) is 2.88. The summed E-state index contributed by atoms with van der Waals surface area (Å²) in [7, 11) is 0. The molecule has 0 atom stereocenters. The highest BCUT2D eigenvalue weighted by Gasteiger charge is 2.15. The molecule has 2 N–H and O–H groups in total. The Morgan fingerprint density at radius 1 is 1.57 bits per heavy atom. The van der Waals surface area contributed by atoms with Gasteiger partial charge in [-0.2, -0.15) is 10.2 Å².